The van der Waals surface area contributed by atoms with Gasteiger partial charge in [-0.1, -0.05) is 24.3 Å². The highest BCUT2D eigenvalue weighted by molar-refractivity contribution is 5.39. The Bertz CT molecular complexity index is 511. The maximum Gasteiger partial charge on any atom is 0.141 e. The van der Waals surface area contributed by atoms with Gasteiger partial charge in [-0.05, 0) is 23.3 Å². The van der Waals surface area contributed by atoms with Crippen LogP contribution in [0.1, 0.15) is 11.1 Å². The third-order valence-corrected chi connectivity index (χ3v) is 2.85. The third kappa shape index (κ3) is 2.84. The molecule has 3 nitrogen and oxygen atoms in total. The highest BCUT2D eigenvalue weighted by Gasteiger charge is 2.06. The van der Waals surface area contributed by atoms with E-state index in [1.807, 2.05) is 36.2 Å². The van der Waals surface area contributed by atoms with Gasteiger partial charge in [-0.15, -0.1) is 0 Å². The number of hydrogen-bond acceptors (Lipinski definition) is 3. The molecule has 94 valence electrons. The molecule has 1 aromatic carbocycles. The smallest absolute Gasteiger partial charge is 0.141 e. The first-order valence-electron chi connectivity index (χ1n) is 5.80. The zero-order valence-corrected chi connectivity index (χ0v) is 10.3. The van der Waals surface area contributed by atoms with E-state index in [-0.39, 0.29) is 5.82 Å². The molecule has 2 N–H and O–H groups in total. The summed E-state index contributed by atoms with van der Waals surface area (Å²) in [6, 6.07) is 11.1. The lowest BCUT2D eigenvalue weighted by molar-refractivity contribution is 0.620. The number of benzene rings is 1. The van der Waals surface area contributed by atoms with Crippen LogP contribution in [0.2, 0.25) is 0 Å². The molecule has 0 unspecified atom stereocenters. The van der Waals surface area contributed by atoms with E-state index < -0.39 is 0 Å². The van der Waals surface area contributed by atoms with E-state index in [1.54, 1.807) is 6.07 Å². The molecule has 4 heteroatoms. The Morgan fingerprint density at radius 3 is 2.50 bits per heavy atom. The quantitative estimate of drug-likeness (QED) is 0.898. The van der Waals surface area contributed by atoms with Crippen molar-refractivity contribution >= 4 is 5.82 Å². The summed E-state index contributed by atoms with van der Waals surface area (Å²) >= 11 is 0. The largest absolute Gasteiger partial charge is 0.355 e. The standard InChI is InChI=1S/C14H16FN3/c1-18(14-7-6-13(15)9-17-14)10-12-5-3-2-4-11(12)8-16/h2-7,9H,8,10,16H2,1H3. The van der Waals surface area contributed by atoms with Crippen LogP contribution in [-0.2, 0) is 13.1 Å². The highest BCUT2D eigenvalue weighted by Crippen LogP contribution is 2.15. The van der Waals surface area contributed by atoms with Crippen LogP contribution in [0, 0.1) is 5.82 Å². The number of hydrogen-bond donors (Lipinski definition) is 1. The van der Waals surface area contributed by atoms with Gasteiger partial charge < -0.3 is 10.6 Å². The summed E-state index contributed by atoms with van der Waals surface area (Å²) in [4.78, 5) is 6.02. The minimum atomic E-state index is -0.325. The fourth-order valence-corrected chi connectivity index (χ4v) is 1.84. The van der Waals surface area contributed by atoms with Crippen LogP contribution in [0.4, 0.5) is 10.2 Å². The number of pyridine rings is 1. The Balaban J connectivity index is 2.15. The van der Waals surface area contributed by atoms with Crippen molar-refractivity contribution in [3.63, 3.8) is 0 Å². The van der Waals surface area contributed by atoms with Crippen LogP contribution >= 0.6 is 0 Å². The zero-order valence-electron chi connectivity index (χ0n) is 10.3. The molecule has 0 saturated carbocycles. The molecule has 1 heterocycles. The first-order chi connectivity index (χ1) is 8.70. The summed E-state index contributed by atoms with van der Waals surface area (Å²) in [5, 5.41) is 0. The van der Waals surface area contributed by atoms with E-state index in [1.165, 1.54) is 12.3 Å². The van der Waals surface area contributed by atoms with Crippen molar-refractivity contribution in [2.24, 2.45) is 5.73 Å². The van der Waals surface area contributed by atoms with Gasteiger partial charge in [-0.25, -0.2) is 9.37 Å². The summed E-state index contributed by atoms with van der Waals surface area (Å²) < 4.78 is 12.8. The molecule has 0 aliphatic rings. The van der Waals surface area contributed by atoms with Gasteiger partial charge in [0, 0.05) is 20.1 Å². The van der Waals surface area contributed by atoms with E-state index in [9.17, 15) is 4.39 Å². The Hall–Kier alpha value is -1.94. The minimum absolute atomic E-state index is 0.325. The van der Waals surface area contributed by atoms with Crippen molar-refractivity contribution in [1.82, 2.24) is 4.98 Å². The zero-order chi connectivity index (χ0) is 13.0. The Labute approximate surface area is 106 Å². The molecule has 0 aliphatic carbocycles. The van der Waals surface area contributed by atoms with E-state index in [0.717, 1.165) is 16.9 Å². The number of anilines is 1. The Morgan fingerprint density at radius 2 is 1.89 bits per heavy atom. The van der Waals surface area contributed by atoms with E-state index in [4.69, 9.17) is 5.73 Å². The van der Waals surface area contributed by atoms with Gasteiger partial charge in [-0.3, -0.25) is 0 Å². The average molecular weight is 245 g/mol. The van der Waals surface area contributed by atoms with Gasteiger partial charge in [0.1, 0.15) is 11.6 Å². The van der Waals surface area contributed by atoms with Crippen LogP contribution < -0.4 is 10.6 Å². The number of aromatic nitrogens is 1. The molecule has 0 atom stereocenters. The first kappa shape index (κ1) is 12.5. The minimum Gasteiger partial charge on any atom is -0.355 e. The van der Waals surface area contributed by atoms with Crippen LogP contribution in [0.25, 0.3) is 0 Å². The molecule has 0 amide bonds. The molecule has 0 bridgehead atoms. The number of nitrogens with two attached hydrogens (primary N) is 1. The lowest BCUT2D eigenvalue weighted by Crippen LogP contribution is -2.19. The lowest BCUT2D eigenvalue weighted by Gasteiger charge is -2.19. The van der Waals surface area contributed by atoms with Gasteiger partial charge >= 0.3 is 0 Å². The molecule has 0 aliphatic heterocycles. The summed E-state index contributed by atoms with van der Waals surface area (Å²) in [5.74, 6) is 0.415. The number of rotatable bonds is 4. The fraction of sp³-hybridized carbons (Fsp3) is 0.214. The van der Waals surface area contributed by atoms with Crippen molar-refractivity contribution in [3.8, 4) is 0 Å². The third-order valence-electron chi connectivity index (χ3n) is 2.85. The van der Waals surface area contributed by atoms with Crippen LogP contribution in [-0.4, -0.2) is 12.0 Å². The van der Waals surface area contributed by atoms with Crippen molar-refractivity contribution in [1.29, 1.82) is 0 Å². The number of nitrogens with zero attached hydrogens (tertiary/aromatic N) is 2. The van der Waals surface area contributed by atoms with E-state index >= 15 is 0 Å². The molecule has 2 rings (SSSR count). The first-order valence-corrected chi connectivity index (χ1v) is 5.80. The molecule has 2 aromatic rings. The van der Waals surface area contributed by atoms with E-state index in [2.05, 4.69) is 4.98 Å². The topological polar surface area (TPSA) is 42.1 Å². The summed E-state index contributed by atoms with van der Waals surface area (Å²) in [5.41, 5.74) is 7.98. The van der Waals surface area contributed by atoms with Crippen LogP contribution in [0.15, 0.2) is 42.6 Å². The molecular weight excluding hydrogens is 229 g/mol. The maximum absolute atomic E-state index is 12.8. The summed E-state index contributed by atoms with van der Waals surface area (Å²) in [6.45, 7) is 1.22. The molecule has 1 aromatic heterocycles. The molecule has 0 spiro atoms. The highest BCUT2D eigenvalue weighted by atomic mass is 19.1. The van der Waals surface area contributed by atoms with E-state index in [0.29, 0.717) is 13.1 Å². The van der Waals surface area contributed by atoms with Gasteiger partial charge in [0.2, 0.25) is 0 Å². The summed E-state index contributed by atoms with van der Waals surface area (Å²) in [7, 11) is 1.92. The fourth-order valence-electron chi connectivity index (χ4n) is 1.84. The van der Waals surface area contributed by atoms with Crippen LogP contribution in [0.5, 0.6) is 0 Å². The van der Waals surface area contributed by atoms with Crippen LogP contribution in [0.3, 0.4) is 0 Å². The lowest BCUT2D eigenvalue weighted by atomic mass is 10.1. The van der Waals surface area contributed by atoms with Crippen molar-refractivity contribution in [2.45, 2.75) is 13.1 Å². The van der Waals surface area contributed by atoms with Gasteiger partial charge in [-0.2, -0.15) is 0 Å². The second-order valence-electron chi connectivity index (χ2n) is 4.16. The predicted molar refractivity (Wildman–Crippen MR) is 70.6 cm³/mol. The second kappa shape index (κ2) is 5.60. The molecular formula is C14H16FN3. The predicted octanol–water partition coefficient (Wildman–Crippen LogP) is 2.32. The maximum atomic E-state index is 12.8. The van der Waals surface area contributed by atoms with Gasteiger partial charge in [0.05, 0.1) is 6.20 Å². The van der Waals surface area contributed by atoms with Crippen molar-refractivity contribution in [2.75, 3.05) is 11.9 Å². The van der Waals surface area contributed by atoms with Gasteiger partial charge in [0.15, 0.2) is 0 Å². The van der Waals surface area contributed by atoms with Crippen molar-refractivity contribution < 1.29 is 4.39 Å². The molecule has 0 radical (unpaired) electrons. The molecule has 18 heavy (non-hydrogen) atoms. The molecule has 0 fully saturated rings. The second-order valence-corrected chi connectivity index (χ2v) is 4.16. The number of halogens is 1. The average Bonchev–Trinajstić information content (AvgIpc) is 2.40. The molecule has 0 saturated heterocycles. The Morgan fingerprint density at radius 1 is 1.17 bits per heavy atom. The monoisotopic (exact) mass is 245 g/mol. The Kier molecular flexibility index (Phi) is 3.89. The summed E-state index contributed by atoms with van der Waals surface area (Å²) in [6.07, 6.45) is 1.22. The normalized spacial score (nSPS) is 10.4. The SMILES string of the molecule is CN(Cc1ccccc1CN)c1ccc(F)cn1. The van der Waals surface area contributed by atoms with Gasteiger partial charge in [0.25, 0.3) is 0 Å². The van der Waals surface area contributed by atoms with Crippen molar-refractivity contribution in [3.05, 3.63) is 59.5 Å².